The fraction of sp³-hybridized carbons (Fsp3) is 0.400. The maximum atomic E-state index is 13.1. The molecule has 0 N–H and O–H groups in total. The predicted octanol–water partition coefficient (Wildman–Crippen LogP) is 3.71. The molecule has 4 rings (SSSR count). The summed E-state index contributed by atoms with van der Waals surface area (Å²) >= 11 is 1.31. The summed E-state index contributed by atoms with van der Waals surface area (Å²) in [5, 5.41) is 6.78. The molecule has 0 unspecified atom stereocenters. The zero-order chi connectivity index (χ0) is 23.1. The highest BCUT2D eigenvalue weighted by Crippen LogP contribution is 2.32. The lowest BCUT2D eigenvalue weighted by atomic mass is 10.1. The van der Waals surface area contributed by atoms with Crippen molar-refractivity contribution in [3.8, 4) is 10.6 Å². The number of morpholine rings is 1. The Morgan fingerprint density at radius 3 is 2.41 bits per heavy atom. The summed E-state index contributed by atoms with van der Waals surface area (Å²) in [4.78, 5) is 4.69. The number of aryl methyl sites for hydroxylation is 1. The zero-order valence-electron chi connectivity index (χ0n) is 17.4. The van der Waals surface area contributed by atoms with Crippen molar-refractivity contribution in [3.05, 3.63) is 52.3 Å². The van der Waals surface area contributed by atoms with Crippen LogP contribution in [0.15, 0.2) is 34.5 Å². The van der Waals surface area contributed by atoms with Crippen LogP contribution < -0.4 is 0 Å². The van der Waals surface area contributed by atoms with E-state index in [1.54, 1.807) is 23.9 Å². The molecular weight excluding hydrogens is 465 g/mol. The molecule has 0 spiro atoms. The second-order valence-electron chi connectivity index (χ2n) is 7.39. The fourth-order valence-corrected chi connectivity index (χ4v) is 6.19. The van der Waals surface area contributed by atoms with Gasteiger partial charge in [-0.2, -0.15) is 22.6 Å². The van der Waals surface area contributed by atoms with Gasteiger partial charge in [0.15, 0.2) is 0 Å². The molecule has 0 amide bonds. The van der Waals surface area contributed by atoms with Crippen LogP contribution in [0.5, 0.6) is 0 Å². The summed E-state index contributed by atoms with van der Waals surface area (Å²) in [6.07, 6.45) is -4.39. The van der Waals surface area contributed by atoms with Crippen molar-refractivity contribution in [1.82, 2.24) is 19.1 Å². The Kier molecular flexibility index (Phi) is 6.14. The van der Waals surface area contributed by atoms with E-state index in [0.717, 1.165) is 12.1 Å². The van der Waals surface area contributed by atoms with Gasteiger partial charge in [-0.1, -0.05) is 12.1 Å². The van der Waals surface area contributed by atoms with Crippen molar-refractivity contribution in [2.75, 3.05) is 26.3 Å². The number of rotatable bonds is 5. The summed E-state index contributed by atoms with van der Waals surface area (Å²) in [6, 6.07) is 4.84. The first kappa shape index (κ1) is 22.9. The minimum absolute atomic E-state index is 0.192. The number of ether oxygens (including phenoxy) is 1. The van der Waals surface area contributed by atoms with Crippen molar-refractivity contribution in [2.45, 2.75) is 31.5 Å². The van der Waals surface area contributed by atoms with E-state index < -0.39 is 21.8 Å². The molecule has 32 heavy (non-hydrogen) atoms. The van der Waals surface area contributed by atoms with Crippen LogP contribution in [0.25, 0.3) is 10.6 Å². The predicted molar refractivity (Wildman–Crippen MR) is 113 cm³/mol. The lowest BCUT2D eigenvalue weighted by Gasteiger charge is -2.26. The highest BCUT2D eigenvalue weighted by Gasteiger charge is 2.32. The first-order valence-electron chi connectivity index (χ1n) is 9.81. The molecule has 12 heteroatoms. The lowest BCUT2D eigenvalue weighted by Crippen LogP contribution is -2.41. The highest BCUT2D eigenvalue weighted by atomic mass is 32.2. The lowest BCUT2D eigenvalue weighted by molar-refractivity contribution is -0.137. The van der Waals surface area contributed by atoms with E-state index in [1.807, 2.05) is 0 Å². The largest absolute Gasteiger partial charge is 0.416 e. The van der Waals surface area contributed by atoms with Crippen molar-refractivity contribution in [2.24, 2.45) is 0 Å². The molecule has 7 nitrogen and oxygen atoms in total. The summed E-state index contributed by atoms with van der Waals surface area (Å²) in [7, 11) is -3.69. The number of halogens is 3. The van der Waals surface area contributed by atoms with E-state index in [4.69, 9.17) is 4.74 Å². The average molecular weight is 487 g/mol. The van der Waals surface area contributed by atoms with Crippen LogP contribution in [0.3, 0.4) is 0 Å². The third-order valence-corrected chi connectivity index (χ3v) is 8.30. The number of benzene rings is 1. The first-order valence-corrected chi connectivity index (χ1v) is 12.1. The molecule has 1 fully saturated rings. The van der Waals surface area contributed by atoms with Gasteiger partial charge in [0.2, 0.25) is 10.0 Å². The number of thiazole rings is 1. The summed E-state index contributed by atoms with van der Waals surface area (Å²) in [5.74, 6) is 0. The molecule has 1 saturated heterocycles. The Balaban J connectivity index is 1.56. The van der Waals surface area contributed by atoms with Gasteiger partial charge in [0.1, 0.15) is 9.90 Å². The van der Waals surface area contributed by atoms with Gasteiger partial charge in [-0.3, -0.25) is 4.68 Å². The SMILES string of the molecule is Cc1nn(Cc2csc(-c3ccc(C(F)(F)F)cc3)n2)c(C)c1S(=O)(=O)N1CCOCC1. The maximum Gasteiger partial charge on any atom is 0.416 e. The van der Waals surface area contributed by atoms with Crippen molar-refractivity contribution in [3.63, 3.8) is 0 Å². The van der Waals surface area contributed by atoms with E-state index in [1.165, 1.54) is 27.8 Å². The van der Waals surface area contributed by atoms with E-state index in [9.17, 15) is 21.6 Å². The Bertz CT molecular complexity index is 1210. The molecule has 0 bridgehead atoms. The Morgan fingerprint density at radius 2 is 1.78 bits per heavy atom. The normalized spacial score (nSPS) is 15.9. The standard InChI is InChI=1S/C20H21F3N4O3S2/c1-13-18(32(28,29)26-7-9-30-10-8-26)14(2)27(25-13)11-17-12-31-19(24-17)15-3-5-16(6-4-15)20(21,22)23/h3-6,12H,7-11H2,1-2H3. The maximum absolute atomic E-state index is 13.1. The number of nitrogens with zero attached hydrogens (tertiary/aromatic N) is 4. The van der Waals surface area contributed by atoms with Crippen LogP contribution in [0, 0.1) is 13.8 Å². The van der Waals surface area contributed by atoms with Crippen molar-refractivity contribution < 1.29 is 26.3 Å². The van der Waals surface area contributed by atoms with Gasteiger partial charge < -0.3 is 4.74 Å². The van der Waals surface area contributed by atoms with Crippen LogP contribution in [0.2, 0.25) is 0 Å². The number of alkyl halides is 3. The monoisotopic (exact) mass is 486 g/mol. The quantitative estimate of drug-likeness (QED) is 0.550. The molecule has 1 aromatic carbocycles. The van der Waals surface area contributed by atoms with E-state index in [0.29, 0.717) is 54.0 Å². The molecule has 0 aliphatic carbocycles. The minimum atomic E-state index is -4.39. The molecule has 3 heterocycles. The van der Waals surface area contributed by atoms with E-state index in [-0.39, 0.29) is 11.4 Å². The summed E-state index contributed by atoms with van der Waals surface area (Å²) in [5.41, 5.74) is 1.43. The van der Waals surface area contributed by atoms with Gasteiger partial charge in [-0.25, -0.2) is 13.4 Å². The third kappa shape index (κ3) is 4.45. The molecule has 1 aliphatic heterocycles. The molecule has 0 radical (unpaired) electrons. The fourth-order valence-electron chi connectivity index (χ4n) is 3.59. The van der Waals surface area contributed by atoms with Crippen LogP contribution >= 0.6 is 11.3 Å². The summed E-state index contributed by atoms with van der Waals surface area (Å²) in [6.45, 7) is 4.93. The molecule has 172 valence electrons. The second-order valence-corrected chi connectivity index (χ2v) is 10.1. The van der Waals surface area contributed by atoms with Crippen LogP contribution in [0.1, 0.15) is 22.6 Å². The number of hydrogen-bond acceptors (Lipinski definition) is 6. The van der Waals surface area contributed by atoms with Crippen molar-refractivity contribution in [1.29, 1.82) is 0 Å². The molecule has 0 atom stereocenters. The van der Waals surface area contributed by atoms with Crippen LogP contribution in [-0.2, 0) is 27.5 Å². The van der Waals surface area contributed by atoms with Crippen molar-refractivity contribution >= 4 is 21.4 Å². The first-order chi connectivity index (χ1) is 15.1. The number of hydrogen-bond donors (Lipinski definition) is 0. The highest BCUT2D eigenvalue weighted by molar-refractivity contribution is 7.89. The molecular formula is C20H21F3N4O3S2. The number of aromatic nitrogens is 3. The van der Waals surface area contributed by atoms with Gasteiger partial charge in [0, 0.05) is 24.0 Å². The van der Waals surface area contributed by atoms with Gasteiger partial charge in [0.05, 0.1) is 42.4 Å². The Labute approximate surface area is 187 Å². The van der Waals surface area contributed by atoms with Gasteiger partial charge in [-0.05, 0) is 26.0 Å². The molecule has 3 aromatic rings. The Morgan fingerprint density at radius 1 is 1.12 bits per heavy atom. The van der Waals surface area contributed by atoms with Crippen LogP contribution in [0.4, 0.5) is 13.2 Å². The smallest absolute Gasteiger partial charge is 0.379 e. The molecule has 1 aliphatic rings. The van der Waals surface area contributed by atoms with Gasteiger partial charge >= 0.3 is 6.18 Å². The number of sulfonamides is 1. The van der Waals surface area contributed by atoms with Gasteiger partial charge in [-0.15, -0.1) is 11.3 Å². The van der Waals surface area contributed by atoms with Crippen LogP contribution in [-0.4, -0.2) is 53.8 Å². The zero-order valence-corrected chi connectivity index (χ0v) is 19.0. The van der Waals surface area contributed by atoms with Gasteiger partial charge in [0.25, 0.3) is 0 Å². The summed E-state index contributed by atoms with van der Waals surface area (Å²) < 4.78 is 72.8. The molecule has 2 aromatic heterocycles. The minimum Gasteiger partial charge on any atom is -0.379 e. The third-order valence-electron chi connectivity index (χ3n) is 5.21. The van der Waals surface area contributed by atoms with E-state index >= 15 is 0 Å². The second kappa shape index (κ2) is 8.58. The Hall–Kier alpha value is -2.28. The topological polar surface area (TPSA) is 77.3 Å². The van der Waals surface area contributed by atoms with E-state index in [2.05, 4.69) is 10.1 Å². The molecule has 0 saturated carbocycles. The average Bonchev–Trinajstić information content (AvgIpc) is 3.32.